The number of hydrogen-bond acceptors (Lipinski definition) is 5. The Morgan fingerprint density at radius 1 is 1.32 bits per heavy atom. The fourth-order valence-electron chi connectivity index (χ4n) is 2.49. The molecule has 0 radical (unpaired) electrons. The van der Waals surface area contributed by atoms with Crippen LogP contribution in [0.5, 0.6) is 0 Å². The number of nitrogens with one attached hydrogen (secondary N) is 2. The lowest BCUT2D eigenvalue weighted by Crippen LogP contribution is -2.45. The van der Waals surface area contributed by atoms with Crippen LogP contribution in [0.1, 0.15) is 24.0 Å². The minimum Gasteiger partial charge on any atom is -0.480 e. The van der Waals surface area contributed by atoms with Crippen LogP contribution in [-0.4, -0.2) is 54.2 Å². The molecule has 2 amide bonds. The van der Waals surface area contributed by atoms with Crippen LogP contribution < -0.4 is 10.6 Å². The van der Waals surface area contributed by atoms with E-state index in [9.17, 15) is 19.2 Å². The number of carboxylic acid groups (broad SMARTS) is 1. The van der Waals surface area contributed by atoms with Gasteiger partial charge in [-0.2, -0.15) is 0 Å². The standard InChI is InChI=1S/C17H23N3O5/c1-12-5-3-6-14(19-9-16(23)24)13(12)10-20(11-22)15(7-4-8-21)17(25)18-2/h3,5-6,8,11,15,19H,4,7,9-10H2,1-2H3,(H,18,25)(H,23,24). The van der Waals surface area contributed by atoms with Crippen molar-refractivity contribution in [1.82, 2.24) is 10.2 Å². The number of rotatable bonds is 11. The van der Waals surface area contributed by atoms with Crippen molar-refractivity contribution in [2.75, 3.05) is 18.9 Å². The summed E-state index contributed by atoms with van der Waals surface area (Å²) >= 11 is 0. The Morgan fingerprint density at radius 3 is 2.60 bits per heavy atom. The molecule has 0 aliphatic carbocycles. The first kappa shape index (κ1) is 20.1. The van der Waals surface area contributed by atoms with Crippen LogP contribution in [0.4, 0.5) is 5.69 Å². The van der Waals surface area contributed by atoms with Gasteiger partial charge in [0.25, 0.3) is 0 Å². The van der Waals surface area contributed by atoms with E-state index in [1.165, 1.54) is 11.9 Å². The Bertz CT molecular complexity index is 633. The van der Waals surface area contributed by atoms with E-state index in [1.807, 2.05) is 13.0 Å². The number of carboxylic acids is 1. The van der Waals surface area contributed by atoms with Crippen molar-refractivity contribution in [3.63, 3.8) is 0 Å². The van der Waals surface area contributed by atoms with E-state index >= 15 is 0 Å². The van der Waals surface area contributed by atoms with Gasteiger partial charge in [0.2, 0.25) is 12.3 Å². The van der Waals surface area contributed by atoms with Crippen molar-refractivity contribution in [1.29, 1.82) is 0 Å². The van der Waals surface area contributed by atoms with Crippen molar-refractivity contribution in [3.05, 3.63) is 29.3 Å². The average molecular weight is 349 g/mol. The zero-order valence-electron chi connectivity index (χ0n) is 14.3. The largest absolute Gasteiger partial charge is 0.480 e. The molecule has 8 heteroatoms. The van der Waals surface area contributed by atoms with Crippen molar-refractivity contribution in [2.45, 2.75) is 32.4 Å². The maximum atomic E-state index is 12.1. The van der Waals surface area contributed by atoms with Gasteiger partial charge in [0.05, 0.1) is 0 Å². The molecule has 0 heterocycles. The molecule has 1 rings (SSSR count). The van der Waals surface area contributed by atoms with Gasteiger partial charge < -0.3 is 25.4 Å². The second kappa shape index (κ2) is 10.1. The van der Waals surface area contributed by atoms with Crippen LogP contribution >= 0.6 is 0 Å². The number of likely N-dealkylation sites (N-methyl/N-ethyl adjacent to an activating group) is 1. The van der Waals surface area contributed by atoms with Crippen molar-refractivity contribution in [2.24, 2.45) is 0 Å². The van der Waals surface area contributed by atoms with Gasteiger partial charge in [0, 0.05) is 25.7 Å². The molecule has 1 unspecified atom stereocenters. The molecule has 0 fully saturated rings. The van der Waals surface area contributed by atoms with Gasteiger partial charge in [0.1, 0.15) is 18.9 Å². The maximum absolute atomic E-state index is 12.1. The molecule has 0 aliphatic heterocycles. The minimum absolute atomic E-state index is 0.120. The molecular formula is C17H23N3O5. The lowest BCUT2D eigenvalue weighted by atomic mass is 10.0. The monoisotopic (exact) mass is 349 g/mol. The fraction of sp³-hybridized carbons (Fsp3) is 0.412. The minimum atomic E-state index is -1.01. The normalized spacial score (nSPS) is 11.3. The number of carbonyl (C=O) groups is 4. The molecule has 1 aromatic rings. The molecule has 8 nitrogen and oxygen atoms in total. The first-order valence-electron chi connectivity index (χ1n) is 7.85. The second-order valence-electron chi connectivity index (χ2n) is 5.50. The smallest absolute Gasteiger partial charge is 0.322 e. The predicted molar refractivity (Wildman–Crippen MR) is 92.1 cm³/mol. The van der Waals surface area contributed by atoms with E-state index in [1.54, 1.807) is 12.1 Å². The predicted octanol–water partition coefficient (Wildman–Crippen LogP) is 0.544. The Morgan fingerprint density at radius 2 is 2.04 bits per heavy atom. The third-order valence-electron chi connectivity index (χ3n) is 3.82. The summed E-state index contributed by atoms with van der Waals surface area (Å²) in [5.74, 6) is -1.36. The first-order chi connectivity index (χ1) is 11.9. The summed E-state index contributed by atoms with van der Waals surface area (Å²) in [5.41, 5.74) is 2.16. The van der Waals surface area contributed by atoms with Gasteiger partial charge in [-0.1, -0.05) is 12.1 Å². The van der Waals surface area contributed by atoms with Crippen LogP contribution in [0.2, 0.25) is 0 Å². The molecule has 0 spiro atoms. The Kier molecular flexibility index (Phi) is 8.11. The molecule has 0 aromatic heterocycles. The van der Waals surface area contributed by atoms with Crippen LogP contribution in [0.25, 0.3) is 0 Å². The molecule has 0 bridgehead atoms. The molecule has 25 heavy (non-hydrogen) atoms. The highest BCUT2D eigenvalue weighted by Crippen LogP contribution is 2.22. The Labute approximate surface area is 146 Å². The van der Waals surface area contributed by atoms with Crippen LogP contribution in [0.3, 0.4) is 0 Å². The van der Waals surface area contributed by atoms with Gasteiger partial charge >= 0.3 is 5.97 Å². The number of aldehydes is 1. The molecule has 0 saturated heterocycles. The van der Waals surface area contributed by atoms with Crippen molar-refractivity contribution >= 4 is 30.3 Å². The number of amides is 2. The quantitative estimate of drug-likeness (QED) is 0.502. The fourth-order valence-corrected chi connectivity index (χ4v) is 2.49. The zero-order valence-corrected chi connectivity index (χ0v) is 14.3. The van der Waals surface area contributed by atoms with Gasteiger partial charge in [-0.05, 0) is 30.5 Å². The van der Waals surface area contributed by atoms with Crippen LogP contribution in [-0.2, 0) is 25.7 Å². The molecular weight excluding hydrogens is 326 g/mol. The third kappa shape index (κ3) is 5.91. The molecule has 1 atom stereocenters. The number of benzene rings is 1. The topological polar surface area (TPSA) is 116 Å². The van der Waals surface area contributed by atoms with Crippen molar-refractivity contribution < 1.29 is 24.3 Å². The molecule has 136 valence electrons. The number of aliphatic carboxylic acids is 1. The molecule has 3 N–H and O–H groups in total. The summed E-state index contributed by atoms with van der Waals surface area (Å²) < 4.78 is 0. The first-order valence-corrected chi connectivity index (χ1v) is 7.85. The lowest BCUT2D eigenvalue weighted by molar-refractivity contribution is -0.135. The summed E-state index contributed by atoms with van der Waals surface area (Å²) in [4.78, 5) is 46.4. The highest BCUT2D eigenvalue weighted by molar-refractivity contribution is 5.83. The van der Waals surface area contributed by atoms with E-state index in [4.69, 9.17) is 5.11 Å². The lowest BCUT2D eigenvalue weighted by Gasteiger charge is -2.28. The second-order valence-corrected chi connectivity index (χ2v) is 5.50. The molecule has 0 aliphatic rings. The van der Waals surface area contributed by atoms with Gasteiger partial charge in [-0.15, -0.1) is 0 Å². The number of aryl methyl sites for hydroxylation is 1. The average Bonchev–Trinajstić information content (AvgIpc) is 2.60. The molecule has 1 aromatic carbocycles. The summed E-state index contributed by atoms with van der Waals surface area (Å²) in [7, 11) is 1.47. The van der Waals surface area contributed by atoms with Gasteiger partial charge in [-0.25, -0.2) is 0 Å². The number of anilines is 1. The molecule has 0 saturated carbocycles. The number of carbonyl (C=O) groups excluding carboxylic acids is 3. The van der Waals surface area contributed by atoms with Gasteiger partial charge in [0.15, 0.2) is 0 Å². The Hall–Kier alpha value is -2.90. The highest BCUT2D eigenvalue weighted by atomic mass is 16.4. The SMILES string of the molecule is CNC(=O)C(CCC=O)N(C=O)Cc1c(C)cccc1NCC(=O)O. The van der Waals surface area contributed by atoms with Gasteiger partial charge in [-0.3, -0.25) is 14.4 Å². The third-order valence-corrected chi connectivity index (χ3v) is 3.82. The summed E-state index contributed by atoms with van der Waals surface area (Å²) in [6, 6.07) is 4.55. The zero-order chi connectivity index (χ0) is 18.8. The highest BCUT2D eigenvalue weighted by Gasteiger charge is 2.25. The Balaban J connectivity index is 3.09. The number of nitrogens with zero attached hydrogens (tertiary/aromatic N) is 1. The number of hydrogen-bond donors (Lipinski definition) is 3. The van der Waals surface area contributed by atoms with E-state index in [2.05, 4.69) is 10.6 Å². The van der Waals surface area contributed by atoms with E-state index in [-0.39, 0.29) is 31.8 Å². The van der Waals surface area contributed by atoms with E-state index in [0.29, 0.717) is 18.4 Å². The van der Waals surface area contributed by atoms with E-state index in [0.717, 1.165) is 11.1 Å². The summed E-state index contributed by atoms with van der Waals surface area (Å²) in [6.07, 6.45) is 1.64. The van der Waals surface area contributed by atoms with Crippen LogP contribution in [0.15, 0.2) is 18.2 Å². The van der Waals surface area contributed by atoms with E-state index < -0.39 is 12.0 Å². The maximum Gasteiger partial charge on any atom is 0.322 e. The van der Waals surface area contributed by atoms with Crippen LogP contribution in [0, 0.1) is 6.92 Å². The summed E-state index contributed by atoms with van der Waals surface area (Å²) in [6.45, 7) is 1.70. The summed E-state index contributed by atoms with van der Waals surface area (Å²) in [5, 5.41) is 14.1. The van der Waals surface area contributed by atoms with Crippen molar-refractivity contribution in [3.8, 4) is 0 Å².